The van der Waals surface area contributed by atoms with E-state index < -0.39 is 0 Å². The summed E-state index contributed by atoms with van der Waals surface area (Å²) in [5, 5.41) is 8.40. The lowest BCUT2D eigenvalue weighted by atomic mass is 10.0. The van der Waals surface area contributed by atoms with E-state index in [1.54, 1.807) is 6.92 Å². The Morgan fingerprint density at radius 2 is 1.91 bits per heavy atom. The van der Waals surface area contributed by atoms with E-state index in [1.165, 1.54) is 19.3 Å². The molecule has 6 nitrogen and oxygen atoms in total. The predicted molar refractivity (Wildman–Crippen MR) is 80.1 cm³/mol. The van der Waals surface area contributed by atoms with Gasteiger partial charge in [0, 0.05) is 31.5 Å². The van der Waals surface area contributed by atoms with E-state index in [0.717, 1.165) is 50.7 Å². The SMILES string of the molecule is CC(=O)N1CCCC1C1CCCN1Cc1nnc(C2CC2)o1. The number of nitrogens with zero attached hydrogens (tertiary/aromatic N) is 4. The third-order valence-electron chi connectivity index (χ3n) is 5.31. The van der Waals surface area contributed by atoms with Crippen LogP contribution < -0.4 is 0 Å². The minimum Gasteiger partial charge on any atom is -0.424 e. The fourth-order valence-corrected chi connectivity index (χ4v) is 4.07. The van der Waals surface area contributed by atoms with E-state index >= 15 is 0 Å². The van der Waals surface area contributed by atoms with Crippen molar-refractivity contribution in [2.24, 2.45) is 0 Å². The molecule has 1 aromatic heterocycles. The van der Waals surface area contributed by atoms with E-state index in [9.17, 15) is 4.79 Å². The largest absolute Gasteiger partial charge is 0.424 e. The Labute approximate surface area is 130 Å². The van der Waals surface area contributed by atoms with Crippen LogP contribution in [-0.2, 0) is 11.3 Å². The molecule has 1 saturated carbocycles. The van der Waals surface area contributed by atoms with Crippen LogP contribution in [-0.4, -0.2) is 51.1 Å². The van der Waals surface area contributed by atoms with Crippen LogP contribution in [0.15, 0.2) is 4.42 Å². The van der Waals surface area contributed by atoms with Crippen molar-refractivity contribution in [1.29, 1.82) is 0 Å². The molecule has 1 aromatic rings. The third kappa shape index (κ3) is 2.64. The molecule has 6 heteroatoms. The van der Waals surface area contributed by atoms with Crippen LogP contribution >= 0.6 is 0 Å². The number of hydrogen-bond acceptors (Lipinski definition) is 5. The minimum atomic E-state index is 0.211. The van der Waals surface area contributed by atoms with E-state index in [1.807, 2.05) is 0 Å². The summed E-state index contributed by atoms with van der Waals surface area (Å²) < 4.78 is 5.81. The highest BCUT2D eigenvalue weighted by atomic mass is 16.4. The average molecular weight is 304 g/mol. The van der Waals surface area contributed by atoms with Crippen molar-refractivity contribution < 1.29 is 9.21 Å². The maximum atomic E-state index is 11.8. The van der Waals surface area contributed by atoms with E-state index in [0.29, 0.717) is 18.0 Å². The first-order chi connectivity index (χ1) is 10.7. The molecule has 2 aliphatic heterocycles. The Bertz CT molecular complexity index is 554. The molecular weight excluding hydrogens is 280 g/mol. The highest BCUT2D eigenvalue weighted by Crippen LogP contribution is 2.39. The standard InChI is InChI=1S/C16H24N4O2/c1-11(21)20-9-3-5-14(20)13-4-2-8-19(13)10-15-17-18-16(22-15)12-6-7-12/h12-14H,2-10H2,1H3. The van der Waals surface area contributed by atoms with Crippen LogP contribution in [0.5, 0.6) is 0 Å². The highest BCUT2D eigenvalue weighted by molar-refractivity contribution is 5.74. The molecular formula is C16H24N4O2. The van der Waals surface area contributed by atoms with Gasteiger partial charge in [-0.3, -0.25) is 9.69 Å². The molecule has 0 N–H and O–H groups in total. The summed E-state index contributed by atoms with van der Waals surface area (Å²) in [6.45, 7) is 4.40. The Hall–Kier alpha value is -1.43. The summed E-state index contributed by atoms with van der Waals surface area (Å²) in [5.41, 5.74) is 0. The van der Waals surface area contributed by atoms with Crippen LogP contribution in [0.2, 0.25) is 0 Å². The lowest BCUT2D eigenvalue weighted by Gasteiger charge is -2.34. The normalized spacial score (nSPS) is 29.4. The fourth-order valence-electron chi connectivity index (χ4n) is 4.07. The lowest BCUT2D eigenvalue weighted by molar-refractivity contribution is -0.130. The molecule has 120 valence electrons. The Morgan fingerprint density at radius 3 is 2.68 bits per heavy atom. The second-order valence-corrected chi connectivity index (χ2v) is 6.91. The van der Waals surface area contributed by atoms with E-state index in [4.69, 9.17) is 4.42 Å². The van der Waals surface area contributed by atoms with Gasteiger partial charge >= 0.3 is 0 Å². The van der Waals surface area contributed by atoms with Gasteiger partial charge in [-0.2, -0.15) is 0 Å². The summed E-state index contributed by atoms with van der Waals surface area (Å²) in [6.07, 6.45) is 6.97. The predicted octanol–water partition coefficient (Wildman–Crippen LogP) is 1.92. The Balaban J connectivity index is 1.44. The molecule has 2 saturated heterocycles. The maximum absolute atomic E-state index is 11.8. The smallest absolute Gasteiger partial charge is 0.230 e. The van der Waals surface area contributed by atoms with Gasteiger partial charge in [-0.05, 0) is 45.1 Å². The van der Waals surface area contributed by atoms with Crippen molar-refractivity contribution in [3.63, 3.8) is 0 Å². The zero-order chi connectivity index (χ0) is 15.1. The first kappa shape index (κ1) is 14.2. The van der Waals surface area contributed by atoms with Gasteiger partial charge in [-0.25, -0.2) is 0 Å². The van der Waals surface area contributed by atoms with Crippen molar-refractivity contribution in [1.82, 2.24) is 20.0 Å². The monoisotopic (exact) mass is 304 g/mol. The number of carbonyl (C=O) groups excluding carboxylic acids is 1. The van der Waals surface area contributed by atoms with Gasteiger partial charge in [0.15, 0.2) is 0 Å². The minimum absolute atomic E-state index is 0.211. The van der Waals surface area contributed by atoms with Crippen molar-refractivity contribution in [3.05, 3.63) is 11.8 Å². The number of hydrogen-bond donors (Lipinski definition) is 0. The molecule has 22 heavy (non-hydrogen) atoms. The molecule has 1 amide bonds. The topological polar surface area (TPSA) is 62.5 Å². The number of amides is 1. The van der Waals surface area contributed by atoms with Gasteiger partial charge in [0.1, 0.15) is 0 Å². The van der Waals surface area contributed by atoms with Gasteiger partial charge in [-0.15, -0.1) is 10.2 Å². The quantitative estimate of drug-likeness (QED) is 0.850. The maximum Gasteiger partial charge on any atom is 0.230 e. The molecule has 0 radical (unpaired) electrons. The summed E-state index contributed by atoms with van der Waals surface area (Å²) in [5.74, 6) is 2.28. The van der Waals surface area contributed by atoms with Crippen molar-refractivity contribution in [2.75, 3.05) is 13.1 Å². The van der Waals surface area contributed by atoms with E-state index in [-0.39, 0.29) is 5.91 Å². The zero-order valence-electron chi connectivity index (χ0n) is 13.2. The molecule has 2 atom stereocenters. The molecule has 0 bridgehead atoms. The summed E-state index contributed by atoms with van der Waals surface area (Å²) in [4.78, 5) is 16.3. The first-order valence-corrected chi connectivity index (χ1v) is 8.56. The van der Waals surface area contributed by atoms with Crippen molar-refractivity contribution >= 4 is 5.91 Å². The van der Waals surface area contributed by atoms with Gasteiger partial charge < -0.3 is 9.32 Å². The van der Waals surface area contributed by atoms with Gasteiger partial charge in [0.25, 0.3) is 0 Å². The molecule has 1 aliphatic carbocycles. The third-order valence-corrected chi connectivity index (χ3v) is 5.31. The zero-order valence-corrected chi connectivity index (χ0v) is 13.2. The molecule has 3 heterocycles. The number of carbonyl (C=O) groups is 1. The second kappa shape index (κ2) is 5.65. The van der Waals surface area contributed by atoms with Crippen molar-refractivity contribution in [3.8, 4) is 0 Å². The van der Waals surface area contributed by atoms with Crippen LogP contribution in [0, 0.1) is 0 Å². The van der Waals surface area contributed by atoms with Crippen LogP contribution in [0.25, 0.3) is 0 Å². The molecule has 3 fully saturated rings. The highest BCUT2D eigenvalue weighted by Gasteiger charge is 2.39. The Morgan fingerprint density at radius 1 is 1.14 bits per heavy atom. The molecule has 2 unspecified atom stereocenters. The van der Waals surface area contributed by atoms with Gasteiger partial charge in [-0.1, -0.05) is 0 Å². The summed E-state index contributed by atoms with van der Waals surface area (Å²) >= 11 is 0. The first-order valence-electron chi connectivity index (χ1n) is 8.56. The van der Waals surface area contributed by atoms with Crippen molar-refractivity contribution in [2.45, 2.75) is 70.0 Å². The number of likely N-dealkylation sites (tertiary alicyclic amines) is 2. The Kier molecular flexibility index (Phi) is 3.64. The van der Waals surface area contributed by atoms with Gasteiger partial charge in [0.2, 0.25) is 17.7 Å². The molecule has 4 rings (SSSR count). The number of aromatic nitrogens is 2. The van der Waals surface area contributed by atoms with Crippen LogP contribution in [0.3, 0.4) is 0 Å². The molecule has 3 aliphatic rings. The van der Waals surface area contributed by atoms with Crippen LogP contribution in [0.4, 0.5) is 0 Å². The molecule has 0 aromatic carbocycles. The van der Waals surface area contributed by atoms with E-state index in [2.05, 4.69) is 20.0 Å². The molecule has 0 spiro atoms. The van der Waals surface area contributed by atoms with Gasteiger partial charge in [0.05, 0.1) is 6.54 Å². The second-order valence-electron chi connectivity index (χ2n) is 6.91. The van der Waals surface area contributed by atoms with Crippen LogP contribution in [0.1, 0.15) is 63.1 Å². The fraction of sp³-hybridized carbons (Fsp3) is 0.812. The number of rotatable bonds is 4. The summed E-state index contributed by atoms with van der Waals surface area (Å²) in [6, 6.07) is 0.813. The lowest BCUT2D eigenvalue weighted by Crippen LogP contribution is -2.47. The average Bonchev–Trinajstić information content (AvgIpc) is 2.94. The summed E-state index contributed by atoms with van der Waals surface area (Å²) in [7, 11) is 0.